The summed E-state index contributed by atoms with van der Waals surface area (Å²) in [5.41, 5.74) is 0.382. The zero-order valence-electron chi connectivity index (χ0n) is 13.2. The third-order valence-electron chi connectivity index (χ3n) is 3.63. The van der Waals surface area contributed by atoms with Crippen LogP contribution in [0.1, 0.15) is 38.9 Å². The molecular weight excluding hydrogens is 318 g/mol. The van der Waals surface area contributed by atoms with Gasteiger partial charge >= 0.3 is 0 Å². The van der Waals surface area contributed by atoms with Crippen molar-refractivity contribution < 1.29 is 14.8 Å². The minimum absolute atomic E-state index is 0.0546. The Morgan fingerprint density at radius 3 is 2.61 bits per heavy atom. The largest absolute Gasteiger partial charge is 0.508 e. The Morgan fingerprint density at radius 1 is 1.43 bits per heavy atom. The summed E-state index contributed by atoms with van der Waals surface area (Å²) in [6.07, 6.45) is 0. The molecule has 1 heterocycles. The van der Waals surface area contributed by atoms with Crippen LogP contribution in [0.3, 0.4) is 0 Å². The van der Waals surface area contributed by atoms with E-state index in [-0.39, 0.29) is 17.4 Å². The van der Waals surface area contributed by atoms with E-state index in [0.717, 1.165) is 21.6 Å². The van der Waals surface area contributed by atoms with Crippen molar-refractivity contribution >= 4 is 22.9 Å². The number of hydrogen-bond donors (Lipinski definition) is 1. The van der Waals surface area contributed by atoms with Crippen LogP contribution in [0.25, 0.3) is 0 Å². The monoisotopic (exact) mass is 335 g/mol. The van der Waals surface area contributed by atoms with Gasteiger partial charge in [-0.25, -0.2) is 4.98 Å². The summed E-state index contributed by atoms with van der Waals surface area (Å²) in [5.74, 6) is -0.729. The average Bonchev–Trinajstić information content (AvgIpc) is 2.83. The predicted octanol–water partition coefficient (Wildman–Crippen LogP) is 3.21. The van der Waals surface area contributed by atoms with Gasteiger partial charge in [0.25, 0.3) is 11.6 Å². The lowest BCUT2D eigenvalue weighted by Gasteiger charge is -2.24. The number of aryl methyl sites for hydroxylation is 2. The first-order valence-corrected chi connectivity index (χ1v) is 7.72. The second kappa shape index (κ2) is 6.33. The Hall–Kier alpha value is -2.48. The van der Waals surface area contributed by atoms with Gasteiger partial charge in [0.05, 0.1) is 27.7 Å². The van der Waals surface area contributed by atoms with E-state index in [1.54, 1.807) is 7.05 Å². The molecule has 0 aliphatic carbocycles. The highest BCUT2D eigenvalue weighted by atomic mass is 32.1. The number of carbonyl (C=O) groups excluding carboxylic acids is 1. The average molecular weight is 335 g/mol. The molecular formula is C15H17N3O4S. The van der Waals surface area contributed by atoms with Gasteiger partial charge in [0.2, 0.25) is 0 Å². The number of nitro groups is 1. The lowest BCUT2D eigenvalue weighted by atomic mass is 10.1. The summed E-state index contributed by atoms with van der Waals surface area (Å²) in [4.78, 5) is 29.8. The van der Waals surface area contributed by atoms with Gasteiger partial charge in [-0.1, -0.05) is 0 Å². The zero-order valence-corrected chi connectivity index (χ0v) is 14.0. The van der Waals surface area contributed by atoms with Crippen LogP contribution in [-0.2, 0) is 0 Å². The molecule has 23 heavy (non-hydrogen) atoms. The molecule has 1 N–H and O–H groups in total. The molecule has 0 spiro atoms. The number of rotatable bonds is 4. The lowest BCUT2D eigenvalue weighted by molar-refractivity contribution is -0.385. The highest BCUT2D eigenvalue weighted by Gasteiger charge is 2.28. The van der Waals surface area contributed by atoms with Gasteiger partial charge in [-0.2, -0.15) is 0 Å². The van der Waals surface area contributed by atoms with Gasteiger partial charge in [-0.05, 0) is 32.9 Å². The third kappa shape index (κ3) is 3.31. The normalized spacial score (nSPS) is 12.0. The number of nitro benzene ring substituents is 1. The predicted molar refractivity (Wildman–Crippen MR) is 86.9 cm³/mol. The van der Waals surface area contributed by atoms with E-state index in [9.17, 15) is 20.0 Å². The fourth-order valence-corrected chi connectivity index (χ4v) is 3.35. The number of benzene rings is 1. The van der Waals surface area contributed by atoms with Crippen molar-refractivity contribution in [3.05, 3.63) is 49.5 Å². The van der Waals surface area contributed by atoms with Gasteiger partial charge in [0.15, 0.2) is 0 Å². The SMILES string of the molecule is Cc1nc(C)c(C(C)N(C)C(=O)c2ccc(O)cc2[N+](=O)[O-])s1. The summed E-state index contributed by atoms with van der Waals surface area (Å²) in [5, 5.41) is 21.4. The van der Waals surface area contributed by atoms with E-state index in [2.05, 4.69) is 4.98 Å². The van der Waals surface area contributed by atoms with Crippen LogP contribution in [0.4, 0.5) is 5.69 Å². The van der Waals surface area contributed by atoms with Gasteiger partial charge in [-0.15, -0.1) is 11.3 Å². The first kappa shape index (κ1) is 16.9. The van der Waals surface area contributed by atoms with Gasteiger partial charge < -0.3 is 10.0 Å². The van der Waals surface area contributed by atoms with Crippen molar-refractivity contribution in [2.45, 2.75) is 26.8 Å². The fourth-order valence-electron chi connectivity index (χ4n) is 2.33. The minimum Gasteiger partial charge on any atom is -0.508 e. The minimum atomic E-state index is -0.673. The third-order valence-corrected chi connectivity index (χ3v) is 4.87. The number of aromatic nitrogens is 1. The van der Waals surface area contributed by atoms with Crippen LogP contribution in [0.2, 0.25) is 0 Å². The lowest BCUT2D eigenvalue weighted by Crippen LogP contribution is -2.30. The molecule has 0 radical (unpaired) electrons. The number of hydrogen-bond acceptors (Lipinski definition) is 6. The zero-order chi connectivity index (χ0) is 17.3. The summed E-state index contributed by atoms with van der Waals surface area (Å²) >= 11 is 1.50. The Balaban J connectivity index is 2.37. The Labute approximate surface area is 137 Å². The maximum Gasteiger partial charge on any atom is 0.285 e. The van der Waals surface area contributed by atoms with E-state index in [1.165, 1.54) is 28.4 Å². The first-order valence-electron chi connectivity index (χ1n) is 6.91. The molecule has 0 bridgehead atoms. The summed E-state index contributed by atoms with van der Waals surface area (Å²) < 4.78 is 0. The molecule has 1 aromatic carbocycles. The second-order valence-corrected chi connectivity index (χ2v) is 6.47. The molecule has 0 saturated heterocycles. The summed E-state index contributed by atoms with van der Waals surface area (Å²) in [7, 11) is 1.60. The van der Waals surface area contributed by atoms with Crippen molar-refractivity contribution in [1.29, 1.82) is 0 Å². The van der Waals surface area contributed by atoms with Crippen LogP contribution >= 0.6 is 11.3 Å². The van der Waals surface area contributed by atoms with Crippen LogP contribution in [0.5, 0.6) is 5.75 Å². The number of thiazole rings is 1. The highest BCUT2D eigenvalue weighted by Crippen LogP contribution is 2.31. The van der Waals surface area contributed by atoms with E-state index in [0.29, 0.717) is 0 Å². The van der Waals surface area contributed by atoms with Crippen molar-refractivity contribution in [1.82, 2.24) is 9.88 Å². The summed E-state index contributed by atoms with van der Waals surface area (Å²) in [6.45, 7) is 5.61. The Bertz CT molecular complexity index is 772. The van der Waals surface area contributed by atoms with E-state index in [1.807, 2.05) is 20.8 Å². The maximum atomic E-state index is 12.6. The Kier molecular flexibility index (Phi) is 4.65. The van der Waals surface area contributed by atoms with Crippen molar-refractivity contribution in [3.8, 4) is 5.75 Å². The number of phenolic OH excluding ortho intramolecular Hbond substituents is 1. The molecule has 1 amide bonds. The molecule has 8 heteroatoms. The molecule has 7 nitrogen and oxygen atoms in total. The van der Waals surface area contributed by atoms with Gasteiger partial charge in [0, 0.05) is 11.9 Å². The van der Waals surface area contributed by atoms with Crippen LogP contribution < -0.4 is 0 Å². The molecule has 0 saturated carbocycles. The van der Waals surface area contributed by atoms with Crippen LogP contribution in [0, 0.1) is 24.0 Å². The smallest absolute Gasteiger partial charge is 0.285 e. The standard InChI is InChI=1S/C15H17N3O4S/c1-8-14(23-10(3)16-8)9(2)17(4)15(20)12-6-5-11(19)7-13(12)18(21)22/h5-7,9,19H,1-4H3. The molecule has 0 aliphatic heterocycles. The van der Waals surface area contributed by atoms with E-state index in [4.69, 9.17) is 0 Å². The van der Waals surface area contributed by atoms with Crippen molar-refractivity contribution in [2.75, 3.05) is 7.05 Å². The molecule has 1 unspecified atom stereocenters. The molecule has 2 rings (SSSR count). The number of carbonyl (C=O) groups is 1. The van der Waals surface area contributed by atoms with E-state index >= 15 is 0 Å². The second-order valence-electron chi connectivity index (χ2n) is 5.23. The maximum absolute atomic E-state index is 12.6. The fraction of sp³-hybridized carbons (Fsp3) is 0.333. The van der Waals surface area contributed by atoms with Crippen LogP contribution in [0.15, 0.2) is 18.2 Å². The van der Waals surface area contributed by atoms with Crippen molar-refractivity contribution in [2.24, 2.45) is 0 Å². The molecule has 1 aromatic heterocycles. The number of phenols is 1. The molecule has 0 fully saturated rings. The number of nitrogens with zero attached hydrogens (tertiary/aromatic N) is 3. The Morgan fingerprint density at radius 2 is 2.09 bits per heavy atom. The first-order chi connectivity index (χ1) is 10.7. The van der Waals surface area contributed by atoms with E-state index < -0.39 is 16.5 Å². The number of amides is 1. The molecule has 2 aromatic rings. The topological polar surface area (TPSA) is 96.6 Å². The summed E-state index contributed by atoms with van der Waals surface area (Å²) in [6, 6.07) is 3.25. The highest BCUT2D eigenvalue weighted by molar-refractivity contribution is 7.11. The molecule has 122 valence electrons. The van der Waals surface area contributed by atoms with Crippen LogP contribution in [-0.4, -0.2) is 32.9 Å². The molecule has 1 atom stereocenters. The molecule has 0 aliphatic rings. The quantitative estimate of drug-likeness (QED) is 0.683. The van der Waals surface area contributed by atoms with Gasteiger partial charge in [0.1, 0.15) is 11.3 Å². The number of aromatic hydroxyl groups is 1. The van der Waals surface area contributed by atoms with Crippen molar-refractivity contribution in [3.63, 3.8) is 0 Å². The van der Waals surface area contributed by atoms with Gasteiger partial charge in [-0.3, -0.25) is 14.9 Å².